The molecule has 2 N–H and O–H groups in total. The molecule has 0 bridgehead atoms. The Morgan fingerprint density at radius 2 is 1.24 bits per heavy atom. The van der Waals surface area contributed by atoms with Crippen LogP contribution in [0.25, 0.3) is 0 Å². The summed E-state index contributed by atoms with van der Waals surface area (Å²) in [4.78, 5) is 26.0. The van der Waals surface area contributed by atoms with Crippen LogP contribution in [0.1, 0.15) is 125 Å². The Morgan fingerprint density at radius 3 is 1.80 bits per heavy atom. The second-order valence-electron chi connectivity index (χ2n) is 12.0. The van der Waals surface area contributed by atoms with E-state index in [0.717, 1.165) is 56.9 Å². The van der Waals surface area contributed by atoms with Crippen LogP contribution in [-0.2, 0) is 4.74 Å². The molecule has 0 aliphatic heterocycles. The van der Waals surface area contributed by atoms with Gasteiger partial charge in [-0.2, -0.15) is 0 Å². The third kappa shape index (κ3) is 16.5. The van der Waals surface area contributed by atoms with Crippen LogP contribution in [0, 0.1) is 0 Å². The lowest BCUT2D eigenvalue weighted by Gasteiger charge is -2.31. The van der Waals surface area contributed by atoms with E-state index in [4.69, 9.17) is 19.3 Å². The van der Waals surface area contributed by atoms with Crippen molar-refractivity contribution in [2.45, 2.75) is 105 Å². The van der Waals surface area contributed by atoms with E-state index < -0.39 is 0 Å². The number of carbonyl (C=O) groups excluding carboxylic acids is 2. The van der Waals surface area contributed by atoms with Gasteiger partial charge in [-0.25, -0.2) is 4.79 Å². The molecule has 1 amide bonds. The summed E-state index contributed by atoms with van der Waals surface area (Å²) in [6.45, 7) is 13.0. The summed E-state index contributed by atoms with van der Waals surface area (Å²) in [6, 6.07) is 12.3. The SMILES string of the molecule is CCCCCCCCOc1ccc(OCCCCCCCC)c(C(=O)Nc2ccc(C(=O)OCC[N+](C)(CC)CC)cc2)c1.CO. The Labute approximate surface area is 279 Å². The lowest BCUT2D eigenvalue weighted by molar-refractivity contribution is -0.906. The Balaban J connectivity index is 0.00000518. The van der Waals surface area contributed by atoms with Gasteiger partial charge in [0.25, 0.3) is 5.91 Å². The van der Waals surface area contributed by atoms with Crippen molar-refractivity contribution in [3.05, 3.63) is 53.6 Å². The summed E-state index contributed by atoms with van der Waals surface area (Å²) in [7, 11) is 3.16. The Hall–Kier alpha value is -3.10. The minimum atomic E-state index is -0.359. The molecule has 0 aliphatic carbocycles. The quantitative estimate of drug-likeness (QED) is 0.0676. The van der Waals surface area contributed by atoms with E-state index in [2.05, 4.69) is 40.1 Å². The van der Waals surface area contributed by atoms with E-state index in [1.54, 1.807) is 30.3 Å². The predicted octanol–water partition coefficient (Wildman–Crippen LogP) is 8.67. The van der Waals surface area contributed by atoms with E-state index >= 15 is 0 Å². The maximum absolute atomic E-state index is 13.4. The summed E-state index contributed by atoms with van der Waals surface area (Å²) in [5, 5.41) is 9.96. The van der Waals surface area contributed by atoms with Crippen molar-refractivity contribution in [3.8, 4) is 11.5 Å². The molecule has 0 saturated heterocycles. The summed E-state index contributed by atoms with van der Waals surface area (Å²) in [6.07, 6.45) is 14.2. The van der Waals surface area contributed by atoms with Crippen LogP contribution in [0.2, 0.25) is 0 Å². The van der Waals surface area contributed by atoms with Gasteiger partial charge in [0.1, 0.15) is 24.7 Å². The Morgan fingerprint density at radius 1 is 0.696 bits per heavy atom. The van der Waals surface area contributed by atoms with E-state index in [-0.39, 0.29) is 11.9 Å². The second-order valence-corrected chi connectivity index (χ2v) is 12.0. The van der Waals surface area contributed by atoms with E-state index in [0.29, 0.717) is 48.1 Å². The number of benzene rings is 2. The lowest BCUT2D eigenvalue weighted by Crippen LogP contribution is -2.46. The largest absolute Gasteiger partial charge is 0.494 e. The average Bonchev–Trinajstić information content (AvgIpc) is 3.08. The smallest absolute Gasteiger partial charge is 0.338 e. The second kappa shape index (κ2) is 25.0. The zero-order chi connectivity index (χ0) is 34.0. The first-order chi connectivity index (χ1) is 22.4. The number of nitrogens with one attached hydrogen (secondary N) is 1. The molecule has 0 aromatic heterocycles. The van der Waals surface area contributed by atoms with Gasteiger partial charge in [-0.1, -0.05) is 78.1 Å². The molecule has 2 aromatic carbocycles. The van der Waals surface area contributed by atoms with Crippen molar-refractivity contribution in [1.82, 2.24) is 0 Å². The van der Waals surface area contributed by atoms with E-state index in [1.165, 1.54) is 51.4 Å². The molecular formula is C38H63N2O6+. The fourth-order valence-electron chi connectivity index (χ4n) is 4.91. The van der Waals surface area contributed by atoms with Crippen molar-refractivity contribution in [1.29, 1.82) is 0 Å². The van der Waals surface area contributed by atoms with E-state index in [1.807, 2.05) is 12.1 Å². The molecule has 0 saturated carbocycles. The average molecular weight is 644 g/mol. The van der Waals surface area contributed by atoms with Gasteiger partial charge >= 0.3 is 5.97 Å². The maximum Gasteiger partial charge on any atom is 0.338 e. The molecule has 0 heterocycles. The number of carbonyl (C=O) groups is 2. The summed E-state index contributed by atoms with van der Waals surface area (Å²) >= 11 is 0. The number of anilines is 1. The van der Waals surface area contributed by atoms with Crippen molar-refractivity contribution < 1.29 is 33.4 Å². The van der Waals surface area contributed by atoms with E-state index in [9.17, 15) is 9.59 Å². The molecule has 2 rings (SSSR count). The van der Waals surface area contributed by atoms with Gasteiger partial charge in [-0.05, 0) is 69.2 Å². The zero-order valence-corrected chi connectivity index (χ0v) is 29.7. The minimum absolute atomic E-state index is 0.278. The van der Waals surface area contributed by atoms with Crippen molar-refractivity contribution >= 4 is 17.6 Å². The monoisotopic (exact) mass is 643 g/mol. The number of nitrogens with zero attached hydrogens (tertiary/aromatic N) is 1. The highest BCUT2D eigenvalue weighted by Crippen LogP contribution is 2.26. The predicted molar refractivity (Wildman–Crippen MR) is 189 cm³/mol. The molecule has 0 spiro atoms. The molecule has 260 valence electrons. The van der Waals surface area contributed by atoms with Gasteiger partial charge in [-0.15, -0.1) is 0 Å². The van der Waals surface area contributed by atoms with Crippen molar-refractivity contribution in [3.63, 3.8) is 0 Å². The molecule has 0 unspecified atom stereocenters. The molecule has 46 heavy (non-hydrogen) atoms. The van der Waals surface area contributed by atoms with Crippen LogP contribution >= 0.6 is 0 Å². The number of ether oxygens (including phenoxy) is 3. The van der Waals surface area contributed by atoms with Gasteiger partial charge in [0, 0.05) is 12.8 Å². The van der Waals surface area contributed by atoms with Crippen LogP contribution in [-0.4, -0.2) is 75.1 Å². The van der Waals surface area contributed by atoms with Gasteiger partial charge in [-0.3, -0.25) is 4.79 Å². The van der Waals surface area contributed by atoms with Crippen LogP contribution in [0.4, 0.5) is 5.69 Å². The first-order valence-corrected chi connectivity index (χ1v) is 17.6. The van der Waals surface area contributed by atoms with Gasteiger partial charge < -0.3 is 29.1 Å². The number of hydrogen-bond acceptors (Lipinski definition) is 6. The summed E-state index contributed by atoms with van der Waals surface area (Å²) < 4.78 is 18.5. The number of likely N-dealkylation sites (N-methyl/N-ethyl adjacent to an activating group) is 1. The third-order valence-corrected chi connectivity index (χ3v) is 8.49. The van der Waals surface area contributed by atoms with Crippen molar-refractivity contribution in [2.24, 2.45) is 0 Å². The maximum atomic E-state index is 13.4. The minimum Gasteiger partial charge on any atom is -0.494 e. The third-order valence-electron chi connectivity index (χ3n) is 8.49. The highest BCUT2D eigenvalue weighted by Gasteiger charge is 2.18. The van der Waals surface area contributed by atoms with Crippen LogP contribution in [0.15, 0.2) is 42.5 Å². The number of rotatable bonds is 24. The Bertz CT molecular complexity index is 1090. The number of quaternary nitrogens is 1. The molecule has 0 atom stereocenters. The molecular weight excluding hydrogens is 580 g/mol. The zero-order valence-electron chi connectivity index (χ0n) is 29.7. The molecule has 0 aliphatic rings. The molecule has 0 radical (unpaired) electrons. The highest BCUT2D eigenvalue weighted by molar-refractivity contribution is 6.06. The summed E-state index contributed by atoms with van der Waals surface area (Å²) in [5.74, 6) is 0.573. The van der Waals surface area contributed by atoms with Gasteiger partial charge in [0.2, 0.25) is 0 Å². The topological polar surface area (TPSA) is 94.1 Å². The van der Waals surface area contributed by atoms with Gasteiger partial charge in [0.15, 0.2) is 0 Å². The molecule has 2 aromatic rings. The number of aliphatic hydroxyl groups is 1. The highest BCUT2D eigenvalue weighted by atomic mass is 16.5. The van der Waals surface area contributed by atoms with Crippen LogP contribution < -0.4 is 14.8 Å². The first-order valence-electron chi connectivity index (χ1n) is 17.6. The molecule has 0 fully saturated rings. The molecule has 8 heteroatoms. The standard InChI is InChI=1S/C37H58N2O5.CH4O/c1-6-10-12-14-16-18-27-42-33-24-25-35(43-28-19-17-15-13-11-7-2)34(30-33)36(40)38-32-22-20-31(21-23-32)37(41)44-29-26-39(5,8-3)9-4;1-2/h20-25,30H,6-19,26-29H2,1-5H3;2H,1H3/p+1. The fourth-order valence-corrected chi connectivity index (χ4v) is 4.91. The summed E-state index contributed by atoms with van der Waals surface area (Å²) in [5.41, 5.74) is 1.49. The van der Waals surface area contributed by atoms with Crippen molar-refractivity contribution in [2.75, 3.05) is 58.9 Å². The number of hydrogen-bond donors (Lipinski definition) is 2. The Kier molecular flexibility index (Phi) is 22.3. The fraction of sp³-hybridized carbons (Fsp3) is 0.632. The van der Waals surface area contributed by atoms with Gasteiger partial charge in [0.05, 0.1) is 44.5 Å². The normalized spacial score (nSPS) is 10.9. The number of amides is 1. The first kappa shape index (κ1) is 40.9. The number of unbranched alkanes of at least 4 members (excludes halogenated alkanes) is 10. The lowest BCUT2D eigenvalue weighted by atomic mass is 10.1. The molecule has 8 nitrogen and oxygen atoms in total. The van der Waals surface area contributed by atoms with Crippen LogP contribution in [0.5, 0.6) is 11.5 Å². The van der Waals surface area contributed by atoms with Crippen LogP contribution in [0.3, 0.4) is 0 Å². The number of aliphatic hydroxyl groups excluding tert-OH is 1. The number of esters is 1.